The van der Waals surface area contributed by atoms with E-state index in [1.807, 2.05) is 0 Å². The zero-order chi connectivity index (χ0) is 18.7. The SMILES string of the molecule is O=C(NC(c1ccc(Cl)cc1)C(F)(F)F)N1CCC(c2ccon2)CC1. The fourth-order valence-electron chi connectivity index (χ4n) is 3.03. The van der Waals surface area contributed by atoms with E-state index >= 15 is 0 Å². The summed E-state index contributed by atoms with van der Waals surface area (Å²) in [7, 11) is 0. The van der Waals surface area contributed by atoms with Crippen LogP contribution in [0.2, 0.25) is 5.02 Å². The lowest BCUT2D eigenvalue weighted by Crippen LogP contribution is -2.48. The standard InChI is InChI=1S/C17H17ClF3N3O2/c18-13-3-1-12(2-4-13)15(17(19,20)21)22-16(25)24-8-5-11(6-9-24)14-7-10-26-23-14/h1-4,7,10-11,15H,5-6,8-9H2,(H,22,25). The van der Waals surface area contributed by atoms with E-state index in [1.165, 1.54) is 35.4 Å². The van der Waals surface area contributed by atoms with Crippen molar-refractivity contribution in [2.75, 3.05) is 13.1 Å². The van der Waals surface area contributed by atoms with Crippen LogP contribution in [0.25, 0.3) is 0 Å². The Hall–Kier alpha value is -2.22. The molecule has 1 fully saturated rings. The van der Waals surface area contributed by atoms with Gasteiger partial charge in [-0.1, -0.05) is 28.9 Å². The molecule has 2 heterocycles. The van der Waals surface area contributed by atoms with Gasteiger partial charge in [-0.25, -0.2) is 4.79 Å². The van der Waals surface area contributed by atoms with Gasteiger partial charge in [0.05, 0.1) is 5.69 Å². The number of aromatic nitrogens is 1. The first-order chi connectivity index (χ1) is 12.3. The van der Waals surface area contributed by atoms with E-state index in [9.17, 15) is 18.0 Å². The summed E-state index contributed by atoms with van der Waals surface area (Å²) in [4.78, 5) is 13.7. The summed E-state index contributed by atoms with van der Waals surface area (Å²) >= 11 is 5.73. The highest BCUT2D eigenvalue weighted by Gasteiger charge is 2.42. The molecular formula is C17H17ClF3N3O2. The summed E-state index contributed by atoms with van der Waals surface area (Å²) in [5.74, 6) is 0.146. The predicted molar refractivity (Wildman–Crippen MR) is 88.8 cm³/mol. The number of amides is 2. The van der Waals surface area contributed by atoms with Gasteiger partial charge < -0.3 is 14.7 Å². The molecule has 3 rings (SSSR count). The summed E-state index contributed by atoms with van der Waals surface area (Å²) in [6, 6.07) is 4.20. The number of nitrogens with zero attached hydrogens (tertiary/aromatic N) is 2. The third-order valence-electron chi connectivity index (χ3n) is 4.46. The van der Waals surface area contributed by atoms with Gasteiger partial charge in [0, 0.05) is 30.1 Å². The highest BCUT2D eigenvalue weighted by molar-refractivity contribution is 6.30. The van der Waals surface area contributed by atoms with Gasteiger partial charge in [-0.15, -0.1) is 0 Å². The minimum Gasteiger partial charge on any atom is -0.365 e. The summed E-state index contributed by atoms with van der Waals surface area (Å²) < 4.78 is 45.0. The summed E-state index contributed by atoms with van der Waals surface area (Å²) in [6.45, 7) is 0.711. The molecule has 9 heteroatoms. The number of halogens is 4. The molecule has 1 atom stereocenters. The molecule has 0 spiro atoms. The summed E-state index contributed by atoms with van der Waals surface area (Å²) in [6.07, 6.45) is -1.88. The maximum absolute atomic E-state index is 13.4. The molecule has 1 aliphatic rings. The molecule has 2 amide bonds. The first-order valence-electron chi connectivity index (χ1n) is 8.12. The molecule has 2 aromatic rings. The van der Waals surface area contributed by atoms with E-state index in [-0.39, 0.29) is 11.5 Å². The number of likely N-dealkylation sites (tertiary alicyclic amines) is 1. The average Bonchev–Trinajstić information content (AvgIpc) is 3.14. The summed E-state index contributed by atoms with van der Waals surface area (Å²) in [5.41, 5.74) is 0.743. The van der Waals surface area contributed by atoms with Crippen molar-refractivity contribution < 1.29 is 22.5 Å². The Kier molecular flexibility index (Phi) is 5.41. The van der Waals surface area contributed by atoms with Crippen molar-refractivity contribution in [3.63, 3.8) is 0 Å². The van der Waals surface area contributed by atoms with Crippen LogP contribution in [0.1, 0.15) is 36.1 Å². The van der Waals surface area contributed by atoms with Gasteiger partial charge in [0.15, 0.2) is 6.04 Å². The molecule has 1 aromatic carbocycles. The first kappa shape index (κ1) is 18.6. The van der Waals surface area contributed by atoms with Crippen LogP contribution in [-0.2, 0) is 0 Å². The van der Waals surface area contributed by atoms with E-state index < -0.39 is 18.2 Å². The number of nitrogens with one attached hydrogen (secondary N) is 1. The van der Waals surface area contributed by atoms with Crippen LogP contribution < -0.4 is 5.32 Å². The lowest BCUT2D eigenvalue weighted by Gasteiger charge is -2.33. The van der Waals surface area contributed by atoms with Crippen molar-refractivity contribution in [2.24, 2.45) is 0 Å². The third-order valence-corrected chi connectivity index (χ3v) is 4.71. The van der Waals surface area contributed by atoms with Crippen LogP contribution in [-0.4, -0.2) is 35.4 Å². The van der Waals surface area contributed by atoms with E-state index in [2.05, 4.69) is 10.5 Å². The molecule has 0 bridgehead atoms. The number of piperidine rings is 1. The fraction of sp³-hybridized carbons (Fsp3) is 0.412. The second-order valence-corrected chi connectivity index (χ2v) is 6.60. The van der Waals surface area contributed by atoms with E-state index in [1.54, 1.807) is 6.07 Å². The predicted octanol–water partition coefficient (Wildman–Crippen LogP) is 4.52. The molecule has 0 radical (unpaired) electrons. The minimum absolute atomic E-state index is 0.0623. The Balaban J connectivity index is 1.64. The van der Waals surface area contributed by atoms with Crippen molar-refractivity contribution in [2.45, 2.75) is 31.0 Å². The number of urea groups is 1. The van der Waals surface area contributed by atoms with E-state index in [0.717, 1.165) is 5.69 Å². The Bertz CT molecular complexity index is 727. The normalized spacial score (nSPS) is 17.2. The molecule has 5 nitrogen and oxygen atoms in total. The minimum atomic E-state index is -4.61. The summed E-state index contributed by atoms with van der Waals surface area (Å²) in [5, 5.41) is 6.31. The van der Waals surface area contributed by atoms with Crippen LogP contribution in [0.15, 0.2) is 41.1 Å². The molecule has 1 saturated heterocycles. The smallest absolute Gasteiger partial charge is 0.365 e. The van der Waals surface area contributed by atoms with Crippen LogP contribution in [0.5, 0.6) is 0 Å². The van der Waals surface area contributed by atoms with Gasteiger partial charge in [-0.3, -0.25) is 0 Å². The van der Waals surface area contributed by atoms with Gasteiger partial charge in [-0.05, 0) is 30.5 Å². The first-order valence-corrected chi connectivity index (χ1v) is 8.50. The van der Waals surface area contributed by atoms with Gasteiger partial charge in [0.2, 0.25) is 0 Å². The van der Waals surface area contributed by atoms with E-state index in [4.69, 9.17) is 16.1 Å². The number of carbonyl (C=O) groups excluding carboxylic acids is 1. The largest absolute Gasteiger partial charge is 0.412 e. The van der Waals surface area contributed by atoms with Crippen molar-refractivity contribution >= 4 is 17.6 Å². The number of rotatable bonds is 3. The maximum atomic E-state index is 13.4. The van der Waals surface area contributed by atoms with Crippen molar-refractivity contribution in [1.82, 2.24) is 15.4 Å². The molecule has 0 saturated carbocycles. The highest BCUT2D eigenvalue weighted by Crippen LogP contribution is 2.34. The van der Waals surface area contributed by atoms with Crippen molar-refractivity contribution in [3.05, 3.63) is 52.9 Å². The van der Waals surface area contributed by atoms with Crippen LogP contribution in [0.3, 0.4) is 0 Å². The topological polar surface area (TPSA) is 58.4 Å². The number of carbonyl (C=O) groups is 1. The Morgan fingerprint density at radius 3 is 2.42 bits per heavy atom. The monoisotopic (exact) mass is 387 g/mol. The second-order valence-electron chi connectivity index (χ2n) is 6.16. The number of hydrogen-bond donors (Lipinski definition) is 1. The van der Waals surface area contributed by atoms with Crippen molar-refractivity contribution in [3.8, 4) is 0 Å². The van der Waals surface area contributed by atoms with E-state index in [0.29, 0.717) is 31.0 Å². The van der Waals surface area contributed by atoms with Gasteiger partial charge >= 0.3 is 12.2 Å². The van der Waals surface area contributed by atoms with Crippen LogP contribution in [0, 0.1) is 0 Å². The van der Waals surface area contributed by atoms with Crippen LogP contribution in [0.4, 0.5) is 18.0 Å². The quantitative estimate of drug-likeness (QED) is 0.842. The molecule has 1 N–H and O–H groups in total. The second kappa shape index (κ2) is 7.57. The Morgan fingerprint density at radius 1 is 1.23 bits per heavy atom. The molecule has 26 heavy (non-hydrogen) atoms. The van der Waals surface area contributed by atoms with Gasteiger partial charge in [0.1, 0.15) is 6.26 Å². The fourth-order valence-corrected chi connectivity index (χ4v) is 3.16. The molecule has 1 unspecified atom stereocenters. The lowest BCUT2D eigenvalue weighted by atomic mass is 9.94. The average molecular weight is 388 g/mol. The molecule has 1 aromatic heterocycles. The molecule has 140 valence electrons. The maximum Gasteiger partial charge on any atom is 0.412 e. The third kappa shape index (κ3) is 4.30. The zero-order valence-electron chi connectivity index (χ0n) is 13.7. The van der Waals surface area contributed by atoms with Gasteiger partial charge in [0.25, 0.3) is 0 Å². The Labute approximate surface area is 153 Å². The molecule has 1 aliphatic heterocycles. The molecular weight excluding hydrogens is 371 g/mol. The van der Waals surface area contributed by atoms with Crippen molar-refractivity contribution in [1.29, 1.82) is 0 Å². The molecule has 0 aliphatic carbocycles. The highest BCUT2D eigenvalue weighted by atomic mass is 35.5. The Morgan fingerprint density at radius 2 is 1.88 bits per heavy atom. The lowest BCUT2D eigenvalue weighted by molar-refractivity contribution is -0.155. The number of alkyl halides is 3. The zero-order valence-corrected chi connectivity index (χ0v) is 14.4. The van der Waals surface area contributed by atoms with Gasteiger partial charge in [-0.2, -0.15) is 13.2 Å². The van der Waals surface area contributed by atoms with Crippen LogP contribution >= 0.6 is 11.6 Å². The number of benzene rings is 1. The number of hydrogen-bond acceptors (Lipinski definition) is 3.